The molecule has 10 heteroatoms. The Hall–Kier alpha value is -2.95. The van der Waals surface area contributed by atoms with Gasteiger partial charge in [-0.2, -0.15) is 0 Å². The fourth-order valence-corrected chi connectivity index (χ4v) is 6.65. The lowest BCUT2D eigenvalue weighted by atomic mass is 9.82. The molecule has 2 aliphatic heterocycles. The predicted octanol–water partition coefficient (Wildman–Crippen LogP) is 3.34. The highest BCUT2D eigenvalue weighted by Gasteiger charge is 2.26. The maximum atomic E-state index is 13.4. The Bertz CT molecular complexity index is 1160. The smallest absolute Gasteiger partial charge is 0.404 e. The number of amides is 2. The first-order chi connectivity index (χ1) is 19.9. The van der Waals surface area contributed by atoms with Crippen molar-refractivity contribution < 1.29 is 24.5 Å². The minimum atomic E-state index is -0.967. The van der Waals surface area contributed by atoms with Gasteiger partial charge in [0.15, 0.2) is 0 Å². The lowest BCUT2D eigenvalue weighted by Crippen LogP contribution is -2.42. The summed E-state index contributed by atoms with van der Waals surface area (Å²) in [5.74, 6) is 2.04. The summed E-state index contributed by atoms with van der Waals surface area (Å²) in [6.45, 7) is 6.87. The molecule has 0 radical (unpaired) electrons. The number of aromatic nitrogens is 1. The summed E-state index contributed by atoms with van der Waals surface area (Å²) in [7, 11) is 0. The van der Waals surface area contributed by atoms with E-state index in [0.29, 0.717) is 36.4 Å². The third-order valence-electron chi connectivity index (χ3n) is 9.12. The second-order valence-electron chi connectivity index (χ2n) is 12.1. The predicted molar refractivity (Wildman–Crippen MR) is 158 cm³/mol. The Morgan fingerprint density at radius 1 is 0.927 bits per heavy atom. The Kier molecular flexibility index (Phi) is 10.3. The molecule has 3 aliphatic rings. The van der Waals surface area contributed by atoms with Crippen LogP contribution in [0.2, 0.25) is 0 Å². The molecular weight excluding hydrogens is 522 g/mol. The minimum absolute atomic E-state index is 0.0689. The van der Waals surface area contributed by atoms with Gasteiger partial charge in [-0.05, 0) is 74.8 Å². The second kappa shape index (κ2) is 14.3. The number of pyridine rings is 1. The lowest BCUT2D eigenvalue weighted by Gasteiger charge is -2.35. The molecule has 224 valence electrons. The average Bonchev–Trinajstić information content (AvgIpc) is 2.99. The van der Waals surface area contributed by atoms with Crippen LogP contribution in [0.15, 0.2) is 30.3 Å². The molecule has 41 heavy (non-hydrogen) atoms. The summed E-state index contributed by atoms with van der Waals surface area (Å²) in [5.41, 5.74) is 1.48. The van der Waals surface area contributed by atoms with Gasteiger partial charge in [0.25, 0.3) is 5.91 Å². The van der Waals surface area contributed by atoms with Crippen LogP contribution in [-0.2, 0) is 4.74 Å². The number of carboxylic acid groups (broad SMARTS) is 1. The van der Waals surface area contributed by atoms with Crippen LogP contribution in [0, 0.1) is 17.8 Å². The van der Waals surface area contributed by atoms with Crippen LogP contribution in [0.4, 0.5) is 10.6 Å². The maximum Gasteiger partial charge on any atom is 0.404 e. The van der Waals surface area contributed by atoms with E-state index in [-0.39, 0.29) is 12.0 Å². The number of rotatable bonds is 10. The number of benzene rings is 1. The number of para-hydroxylation sites is 1. The van der Waals surface area contributed by atoms with E-state index < -0.39 is 6.09 Å². The van der Waals surface area contributed by atoms with Gasteiger partial charge in [0.1, 0.15) is 5.82 Å². The first-order valence-electron chi connectivity index (χ1n) is 15.3. The molecule has 1 aromatic carbocycles. The first kappa shape index (κ1) is 29.5. The number of nitrogens with one attached hydrogen (secondary N) is 2. The number of nitrogens with zero attached hydrogens (tertiary/aromatic N) is 3. The Labute approximate surface area is 242 Å². The Balaban J connectivity index is 1.15. The van der Waals surface area contributed by atoms with Crippen LogP contribution in [-0.4, -0.2) is 97.2 Å². The van der Waals surface area contributed by atoms with E-state index in [1.807, 2.05) is 30.3 Å². The van der Waals surface area contributed by atoms with Crippen molar-refractivity contribution in [2.24, 2.45) is 17.8 Å². The normalized spacial score (nSPS) is 23.3. The second-order valence-corrected chi connectivity index (χ2v) is 12.1. The number of hydrogen-bond donors (Lipinski definition) is 4. The Morgan fingerprint density at radius 3 is 2.27 bits per heavy atom. The van der Waals surface area contributed by atoms with Crippen molar-refractivity contribution in [1.29, 1.82) is 0 Å². The number of carbonyl (C=O) groups excluding carboxylic acids is 1. The van der Waals surface area contributed by atoms with E-state index in [0.717, 1.165) is 108 Å². The molecule has 2 amide bonds. The minimum Gasteiger partial charge on any atom is -0.465 e. The zero-order valence-corrected chi connectivity index (χ0v) is 24.0. The molecule has 0 bridgehead atoms. The number of ether oxygens (including phenoxy) is 1. The molecule has 0 spiro atoms. The SMILES string of the molecule is O=C(O)NC[C@H]1CC[C@H](CNC(=O)c2cc(N3CCC(CC(O)CN4CCOCC4)CC3)nc3ccccc23)CC1. The number of morpholine rings is 1. The number of carbonyl (C=O) groups is 2. The van der Waals surface area contributed by atoms with E-state index in [1.54, 1.807) is 0 Å². The van der Waals surface area contributed by atoms with Crippen molar-refractivity contribution in [3.05, 3.63) is 35.9 Å². The third-order valence-corrected chi connectivity index (χ3v) is 9.12. The fraction of sp³-hybridized carbons (Fsp3) is 0.645. The average molecular weight is 568 g/mol. The van der Waals surface area contributed by atoms with Gasteiger partial charge in [-0.3, -0.25) is 9.69 Å². The molecule has 1 saturated carbocycles. The van der Waals surface area contributed by atoms with Gasteiger partial charge in [-0.15, -0.1) is 0 Å². The molecule has 5 rings (SSSR count). The van der Waals surface area contributed by atoms with Gasteiger partial charge in [0.2, 0.25) is 0 Å². The lowest BCUT2D eigenvalue weighted by molar-refractivity contribution is 0.00914. The first-order valence-corrected chi connectivity index (χ1v) is 15.3. The summed E-state index contributed by atoms with van der Waals surface area (Å²) in [6, 6.07) is 9.78. The van der Waals surface area contributed by atoms with Gasteiger partial charge >= 0.3 is 6.09 Å². The van der Waals surface area contributed by atoms with Crippen LogP contribution in [0.1, 0.15) is 55.3 Å². The monoisotopic (exact) mass is 567 g/mol. The van der Waals surface area contributed by atoms with E-state index in [2.05, 4.69) is 20.4 Å². The van der Waals surface area contributed by atoms with Crippen molar-refractivity contribution in [2.75, 3.05) is 63.9 Å². The van der Waals surface area contributed by atoms with Crippen LogP contribution >= 0.6 is 0 Å². The highest BCUT2D eigenvalue weighted by molar-refractivity contribution is 6.07. The number of aliphatic hydroxyl groups is 1. The van der Waals surface area contributed by atoms with Crippen molar-refractivity contribution in [3.8, 4) is 0 Å². The van der Waals surface area contributed by atoms with Gasteiger partial charge in [-0.25, -0.2) is 9.78 Å². The van der Waals surface area contributed by atoms with Gasteiger partial charge in [0.05, 0.1) is 30.4 Å². The molecular formula is C31H45N5O5. The topological polar surface area (TPSA) is 127 Å². The van der Waals surface area contributed by atoms with E-state index in [1.165, 1.54) is 0 Å². The number of fused-ring (bicyclic) bond motifs is 1. The summed E-state index contributed by atoms with van der Waals surface area (Å²) < 4.78 is 5.42. The van der Waals surface area contributed by atoms with Gasteiger partial charge < -0.3 is 30.5 Å². The molecule has 10 nitrogen and oxygen atoms in total. The quantitative estimate of drug-likeness (QED) is 0.344. The van der Waals surface area contributed by atoms with Crippen molar-refractivity contribution in [1.82, 2.24) is 20.5 Å². The fourth-order valence-electron chi connectivity index (χ4n) is 6.65. The highest BCUT2D eigenvalue weighted by atomic mass is 16.5. The zero-order chi connectivity index (χ0) is 28.6. The number of aliphatic hydroxyl groups excluding tert-OH is 1. The van der Waals surface area contributed by atoms with E-state index in [4.69, 9.17) is 14.8 Å². The molecule has 1 aliphatic carbocycles. The molecule has 2 saturated heterocycles. The molecule has 2 aromatic rings. The highest BCUT2D eigenvalue weighted by Crippen LogP contribution is 2.30. The number of anilines is 1. The summed E-state index contributed by atoms with van der Waals surface area (Å²) >= 11 is 0. The molecule has 3 heterocycles. The van der Waals surface area contributed by atoms with Crippen LogP contribution in [0.25, 0.3) is 10.9 Å². The van der Waals surface area contributed by atoms with Gasteiger partial charge in [0, 0.05) is 51.2 Å². The van der Waals surface area contributed by atoms with Gasteiger partial charge in [-0.1, -0.05) is 18.2 Å². The number of β-amino-alcohol motifs (C(OH)–C–C–N with tert-alkyl or cyclic N) is 1. The molecule has 1 atom stereocenters. The summed E-state index contributed by atoms with van der Waals surface area (Å²) in [5, 5.41) is 26.1. The standard InChI is InChI=1S/C31H45N5O5/c37-25(21-35-13-15-41-16-14-35)17-22-9-11-36(12-10-22)29-18-27(26-3-1-2-4-28(26)34-29)30(38)32-19-23-5-7-24(8-6-23)20-33-31(39)40/h1-4,18,22-25,33,37H,5-17,19-21H2,(H,32,38)(H,39,40)/t23-,24-,25?. The van der Waals surface area contributed by atoms with Crippen molar-refractivity contribution in [2.45, 2.75) is 51.0 Å². The maximum absolute atomic E-state index is 13.4. The van der Waals surface area contributed by atoms with E-state index in [9.17, 15) is 14.7 Å². The Morgan fingerprint density at radius 2 is 1.59 bits per heavy atom. The summed E-state index contributed by atoms with van der Waals surface area (Å²) in [6.07, 6.45) is 5.48. The van der Waals surface area contributed by atoms with E-state index >= 15 is 0 Å². The largest absolute Gasteiger partial charge is 0.465 e. The van der Waals surface area contributed by atoms with Crippen LogP contribution in [0.5, 0.6) is 0 Å². The summed E-state index contributed by atoms with van der Waals surface area (Å²) in [4.78, 5) is 33.7. The van der Waals surface area contributed by atoms with Crippen molar-refractivity contribution >= 4 is 28.7 Å². The molecule has 4 N–H and O–H groups in total. The molecule has 3 fully saturated rings. The number of hydrogen-bond acceptors (Lipinski definition) is 7. The zero-order valence-electron chi connectivity index (χ0n) is 24.0. The van der Waals surface area contributed by atoms with Crippen LogP contribution < -0.4 is 15.5 Å². The molecule has 1 unspecified atom stereocenters. The number of piperidine rings is 1. The third kappa shape index (κ3) is 8.30. The van der Waals surface area contributed by atoms with Crippen LogP contribution in [0.3, 0.4) is 0 Å². The molecule has 1 aromatic heterocycles. The van der Waals surface area contributed by atoms with Crippen molar-refractivity contribution in [3.63, 3.8) is 0 Å².